The minimum absolute atomic E-state index is 0.00129. The van der Waals surface area contributed by atoms with Crippen molar-refractivity contribution >= 4 is 51.7 Å². The van der Waals surface area contributed by atoms with E-state index >= 15 is 0 Å². The molecule has 11 heteroatoms. The number of nitrogens with two attached hydrogens (primary N) is 1. The molecular weight excluding hydrogens is 425 g/mol. The number of carbonyl (C=O) groups excluding carboxylic acids is 2. The lowest BCUT2D eigenvalue weighted by Gasteiger charge is -2.10. The van der Waals surface area contributed by atoms with Crippen LogP contribution in [0, 0.1) is 0 Å². The van der Waals surface area contributed by atoms with Gasteiger partial charge in [-0.3, -0.25) is 10.1 Å². The van der Waals surface area contributed by atoms with Crippen molar-refractivity contribution in [3.05, 3.63) is 39.4 Å². The number of hydrogen-bond donors (Lipinski definition) is 4. The van der Waals surface area contributed by atoms with Gasteiger partial charge in [-0.1, -0.05) is 49.2 Å². The van der Waals surface area contributed by atoms with E-state index in [0.717, 1.165) is 11.5 Å². The van der Waals surface area contributed by atoms with Gasteiger partial charge in [-0.05, 0) is 17.6 Å². The van der Waals surface area contributed by atoms with Crippen LogP contribution in [0.1, 0.15) is 29.8 Å². The van der Waals surface area contributed by atoms with E-state index in [9.17, 15) is 9.59 Å². The lowest BCUT2D eigenvalue weighted by atomic mass is 10.2. The van der Waals surface area contributed by atoms with Crippen molar-refractivity contribution in [2.24, 2.45) is 5.73 Å². The van der Waals surface area contributed by atoms with E-state index in [0.29, 0.717) is 34.7 Å². The van der Waals surface area contributed by atoms with Gasteiger partial charge in [-0.2, -0.15) is 4.37 Å². The van der Waals surface area contributed by atoms with Crippen LogP contribution in [-0.4, -0.2) is 35.4 Å². The standard InChI is InChI=1S/C17H21Cl2N5O3S/c1-9(2)21-6-7-22-17(26)23-16-12(14(20)25)15(24-28-16)27-8-10-4-3-5-11(18)13(10)19/h3-5,9,21H,6-8H2,1-2H3,(H2,20,25)(H2,22,23,26). The van der Waals surface area contributed by atoms with Gasteiger partial charge in [0.1, 0.15) is 17.2 Å². The SMILES string of the molecule is CC(C)NCCNC(=O)Nc1snc(OCc2cccc(Cl)c2Cl)c1C(N)=O. The van der Waals surface area contributed by atoms with Crippen LogP contribution in [0.3, 0.4) is 0 Å². The van der Waals surface area contributed by atoms with E-state index in [-0.39, 0.29) is 23.1 Å². The third kappa shape index (κ3) is 6.23. The summed E-state index contributed by atoms with van der Waals surface area (Å²) in [5.74, 6) is -0.747. The second-order valence-electron chi connectivity index (χ2n) is 6.05. The molecule has 0 aliphatic heterocycles. The van der Waals surface area contributed by atoms with E-state index in [4.69, 9.17) is 33.7 Å². The molecule has 1 aromatic carbocycles. The lowest BCUT2D eigenvalue weighted by Crippen LogP contribution is -2.36. The van der Waals surface area contributed by atoms with Crippen LogP contribution in [0.5, 0.6) is 5.88 Å². The van der Waals surface area contributed by atoms with Gasteiger partial charge in [-0.15, -0.1) is 0 Å². The van der Waals surface area contributed by atoms with Gasteiger partial charge >= 0.3 is 6.03 Å². The molecule has 0 spiro atoms. The first-order valence-corrected chi connectivity index (χ1v) is 9.96. The van der Waals surface area contributed by atoms with E-state index in [1.807, 2.05) is 13.8 Å². The summed E-state index contributed by atoms with van der Waals surface area (Å²) in [5, 5.41) is 9.36. The fourth-order valence-electron chi connectivity index (χ4n) is 2.17. The minimum atomic E-state index is -0.766. The van der Waals surface area contributed by atoms with E-state index in [1.54, 1.807) is 18.2 Å². The maximum absolute atomic E-state index is 12.0. The Bertz CT molecular complexity index is 844. The molecule has 2 rings (SSSR count). The zero-order chi connectivity index (χ0) is 20.7. The Kier molecular flexibility index (Phi) is 8.31. The molecule has 28 heavy (non-hydrogen) atoms. The van der Waals surface area contributed by atoms with Crippen LogP contribution < -0.4 is 26.4 Å². The number of halogens is 2. The Balaban J connectivity index is 2.01. The van der Waals surface area contributed by atoms with Crippen LogP contribution >= 0.6 is 34.7 Å². The molecule has 1 aromatic heterocycles. The molecule has 0 aliphatic carbocycles. The smallest absolute Gasteiger partial charge is 0.319 e. The highest BCUT2D eigenvalue weighted by Gasteiger charge is 2.22. The largest absolute Gasteiger partial charge is 0.472 e. The van der Waals surface area contributed by atoms with Crippen LogP contribution in [0.25, 0.3) is 0 Å². The summed E-state index contributed by atoms with van der Waals surface area (Å²) in [6, 6.07) is 4.97. The Hall–Kier alpha value is -2.07. The summed E-state index contributed by atoms with van der Waals surface area (Å²) in [6.07, 6.45) is 0. The van der Waals surface area contributed by atoms with E-state index < -0.39 is 11.9 Å². The molecule has 2 aromatic rings. The zero-order valence-electron chi connectivity index (χ0n) is 15.3. The van der Waals surface area contributed by atoms with Crippen molar-refractivity contribution in [3.63, 3.8) is 0 Å². The van der Waals surface area contributed by atoms with Gasteiger partial charge in [0.2, 0.25) is 5.88 Å². The maximum Gasteiger partial charge on any atom is 0.319 e. The summed E-state index contributed by atoms with van der Waals surface area (Å²) in [6.45, 7) is 5.09. The first-order chi connectivity index (χ1) is 13.3. The van der Waals surface area contributed by atoms with Gasteiger partial charge in [0, 0.05) is 24.7 Å². The highest BCUT2D eigenvalue weighted by atomic mass is 35.5. The second kappa shape index (κ2) is 10.5. The summed E-state index contributed by atoms with van der Waals surface area (Å²) < 4.78 is 9.65. The van der Waals surface area contributed by atoms with Crippen molar-refractivity contribution in [1.29, 1.82) is 0 Å². The van der Waals surface area contributed by atoms with Crippen molar-refractivity contribution in [2.45, 2.75) is 26.5 Å². The predicted molar refractivity (Wildman–Crippen MR) is 112 cm³/mol. The lowest BCUT2D eigenvalue weighted by molar-refractivity contribution is 0.0996. The summed E-state index contributed by atoms with van der Waals surface area (Å²) >= 11 is 13.0. The number of benzene rings is 1. The molecule has 152 valence electrons. The molecule has 3 amide bonds. The van der Waals surface area contributed by atoms with Gasteiger partial charge in [0.05, 0.1) is 10.0 Å². The molecule has 0 radical (unpaired) electrons. The topological polar surface area (TPSA) is 118 Å². The molecule has 1 heterocycles. The number of rotatable bonds is 9. The van der Waals surface area contributed by atoms with Crippen molar-refractivity contribution in [3.8, 4) is 5.88 Å². The predicted octanol–water partition coefficient (Wildman–Crippen LogP) is 3.25. The number of anilines is 1. The number of primary amides is 1. The Morgan fingerprint density at radius 3 is 2.71 bits per heavy atom. The average Bonchev–Trinajstić information content (AvgIpc) is 3.02. The molecule has 0 fully saturated rings. The van der Waals surface area contributed by atoms with Crippen molar-refractivity contribution in [2.75, 3.05) is 18.4 Å². The number of carbonyl (C=O) groups is 2. The van der Waals surface area contributed by atoms with Crippen molar-refractivity contribution < 1.29 is 14.3 Å². The molecule has 0 aliphatic rings. The number of ether oxygens (including phenoxy) is 1. The highest BCUT2D eigenvalue weighted by molar-refractivity contribution is 7.11. The average molecular weight is 446 g/mol. The maximum atomic E-state index is 12.0. The van der Waals surface area contributed by atoms with Crippen molar-refractivity contribution in [1.82, 2.24) is 15.0 Å². The van der Waals surface area contributed by atoms with E-state index in [2.05, 4.69) is 20.3 Å². The Labute approximate surface area is 176 Å². The number of aromatic nitrogens is 1. The number of nitrogens with one attached hydrogen (secondary N) is 3. The normalized spacial score (nSPS) is 10.8. The third-order valence-electron chi connectivity index (χ3n) is 3.49. The van der Waals surface area contributed by atoms with Crippen LogP contribution in [0.15, 0.2) is 18.2 Å². The van der Waals surface area contributed by atoms with E-state index in [1.165, 1.54) is 0 Å². The third-order valence-corrected chi connectivity index (χ3v) is 5.10. The first-order valence-electron chi connectivity index (χ1n) is 8.43. The first kappa shape index (κ1) is 22.2. The summed E-state index contributed by atoms with van der Waals surface area (Å²) in [7, 11) is 0. The fraction of sp³-hybridized carbons (Fsp3) is 0.353. The Morgan fingerprint density at radius 1 is 1.29 bits per heavy atom. The van der Waals surface area contributed by atoms with Gasteiger partial charge < -0.3 is 21.1 Å². The number of urea groups is 1. The minimum Gasteiger partial charge on any atom is -0.472 e. The summed E-state index contributed by atoms with van der Waals surface area (Å²) in [5.41, 5.74) is 6.06. The number of amides is 3. The molecule has 0 saturated heterocycles. The quantitative estimate of drug-likeness (QED) is 0.441. The van der Waals surface area contributed by atoms with Crippen LogP contribution in [-0.2, 0) is 6.61 Å². The van der Waals surface area contributed by atoms with Crippen LogP contribution in [0.2, 0.25) is 10.0 Å². The number of hydrogen-bond acceptors (Lipinski definition) is 6. The number of nitrogens with zero attached hydrogens (tertiary/aromatic N) is 1. The molecule has 0 atom stereocenters. The fourth-order valence-corrected chi connectivity index (χ4v) is 3.28. The zero-order valence-corrected chi connectivity index (χ0v) is 17.7. The van der Waals surface area contributed by atoms with Gasteiger partial charge in [0.15, 0.2) is 0 Å². The molecule has 8 nitrogen and oxygen atoms in total. The highest BCUT2D eigenvalue weighted by Crippen LogP contribution is 2.32. The molecule has 0 bridgehead atoms. The second-order valence-corrected chi connectivity index (χ2v) is 7.61. The summed E-state index contributed by atoms with van der Waals surface area (Å²) in [4.78, 5) is 23.8. The molecule has 5 N–H and O–H groups in total. The molecule has 0 saturated carbocycles. The molecular formula is C17H21Cl2N5O3S. The van der Waals surface area contributed by atoms with Gasteiger partial charge in [-0.25, -0.2) is 4.79 Å². The Morgan fingerprint density at radius 2 is 2.04 bits per heavy atom. The molecule has 0 unspecified atom stereocenters. The van der Waals surface area contributed by atoms with Crippen LogP contribution in [0.4, 0.5) is 9.80 Å². The monoisotopic (exact) mass is 445 g/mol. The van der Waals surface area contributed by atoms with Gasteiger partial charge in [0.25, 0.3) is 5.91 Å².